The van der Waals surface area contributed by atoms with Crippen molar-refractivity contribution in [3.63, 3.8) is 0 Å². The molecule has 10 nitrogen and oxygen atoms in total. The normalized spacial score (nSPS) is 14.8. The number of nitrogens with zero attached hydrogens (tertiary/aromatic N) is 4. The molecule has 2 amide bonds. The van der Waals surface area contributed by atoms with Crippen LogP contribution in [-0.2, 0) is 21.4 Å². The molecule has 1 atom stereocenters. The summed E-state index contributed by atoms with van der Waals surface area (Å²) >= 11 is 6.14. The van der Waals surface area contributed by atoms with Gasteiger partial charge in [-0.1, -0.05) is 29.8 Å². The van der Waals surface area contributed by atoms with Crippen LogP contribution >= 0.6 is 11.6 Å². The largest absolute Gasteiger partial charge is 0.343 e. The van der Waals surface area contributed by atoms with Gasteiger partial charge in [0.1, 0.15) is 5.82 Å². The van der Waals surface area contributed by atoms with Crippen molar-refractivity contribution in [2.24, 2.45) is 0 Å². The van der Waals surface area contributed by atoms with Gasteiger partial charge in [-0.2, -0.15) is 5.10 Å². The quantitative estimate of drug-likeness (QED) is 0.306. The summed E-state index contributed by atoms with van der Waals surface area (Å²) in [4.78, 5) is 32.7. The first-order valence-corrected chi connectivity index (χ1v) is 15.5. The lowest BCUT2D eigenvalue weighted by molar-refractivity contribution is -0.130. The summed E-state index contributed by atoms with van der Waals surface area (Å²) in [7, 11) is -3.63. The van der Waals surface area contributed by atoms with Crippen molar-refractivity contribution >= 4 is 45.1 Å². The maximum atomic E-state index is 13.7. The lowest BCUT2D eigenvalue weighted by Crippen LogP contribution is -2.42. The minimum absolute atomic E-state index is 0.00528. The number of amides is 2. The summed E-state index contributed by atoms with van der Waals surface area (Å²) in [6, 6.07) is 17.7. The molecule has 0 spiro atoms. The molecule has 222 valence electrons. The third kappa shape index (κ3) is 7.16. The molecule has 0 fully saturated rings. The fourth-order valence-electron chi connectivity index (χ4n) is 4.74. The molecule has 1 aliphatic rings. The molecule has 0 bridgehead atoms. The van der Waals surface area contributed by atoms with Crippen molar-refractivity contribution < 1.29 is 22.4 Å². The minimum Gasteiger partial charge on any atom is -0.343 e. The smallest absolute Gasteiger partial charge is 0.272 e. The standard InChI is InChI=1S/C30H28ClFN6O4S/c1-19(26-5-3-4-14-33-26)35-30(40)28-25-18-37(27(39)16-34-43(2,41)42)17-21(15-20-6-10-23(32)11-7-20)29(25)38(36-28)24-12-8-22(31)9-13-24/h3-15,19,34H,16-18H2,1-2H3,(H,35,40)/b21-15+/t19-/m1/s1. The van der Waals surface area contributed by atoms with Gasteiger partial charge in [0.15, 0.2) is 5.69 Å². The minimum atomic E-state index is -3.63. The van der Waals surface area contributed by atoms with Crippen molar-refractivity contribution in [2.45, 2.75) is 19.5 Å². The summed E-state index contributed by atoms with van der Waals surface area (Å²) in [5, 5.41) is 8.17. The van der Waals surface area contributed by atoms with E-state index in [1.165, 1.54) is 17.0 Å². The molecule has 5 rings (SSSR count). The Bertz CT molecular complexity index is 1790. The molecule has 2 N–H and O–H groups in total. The molecule has 3 heterocycles. The molecule has 2 aromatic carbocycles. The Morgan fingerprint density at radius 3 is 2.44 bits per heavy atom. The third-order valence-electron chi connectivity index (χ3n) is 6.81. The van der Waals surface area contributed by atoms with Crippen LogP contribution in [0.3, 0.4) is 0 Å². The second-order valence-corrected chi connectivity index (χ2v) is 12.3. The number of aromatic nitrogens is 3. The van der Waals surface area contributed by atoms with E-state index in [9.17, 15) is 22.4 Å². The molecule has 0 aliphatic carbocycles. The predicted molar refractivity (Wildman–Crippen MR) is 161 cm³/mol. The summed E-state index contributed by atoms with van der Waals surface area (Å²) in [5.74, 6) is -1.37. The number of halogens is 2. The van der Waals surface area contributed by atoms with Crippen LogP contribution in [0.5, 0.6) is 0 Å². The fraction of sp³-hybridized carbons (Fsp3) is 0.200. The summed E-state index contributed by atoms with van der Waals surface area (Å²) in [6.45, 7) is 1.42. The third-order valence-corrected chi connectivity index (χ3v) is 7.73. The SMILES string of the molecule is C[C@@H](NC(=O)c1nn(-c2ccc(Cl)cc2)c2c1CN(C(=O)CNS(C)(=O)=O)C/C2=C\c1ccc(F)cc1)c1ccccn1. The molecule has 0 unspecified atom stereocenters. The zero-order valence-electron chi connectivity index (χ0n) is 23.3. The Morgan fingerprint density at radius 1 is 1.07 bits per heavy atom. The molecule has 0 saturated heterocycles. The first kappa shape index (κ1) is 30.1. The van der Waals surface area contributed by atoms with E-state index in [1.54, 1.807) is 72.4 Å². The Hall–Kier alpha value is -4.39. The second-order valence-electron chi connectivity index (χ2n) is 10.1. The van der Waals surface area contributed by atoms with E-state index in [4.69, 9.17) is 16.7 Å². The van der Waals surface area contributed by atoms with Gasteiger partial charge in [-0.05, 0) is 72.7 Å². The molecule has 0 saturated carbocycles. The molecular weight excluding hydrogens is 595 g/mol. The van der Waals surface area contributed by atoms with E-state index in [2.05, 4.69) is 15.0 Å². The monoisotopic (exact) mass is 622 g/mol. The van der Waals surface area contributed by atoms with E-state index in [-0.39, 0.29) is 18.8 Å². The molecule has 13 heteroatoms. The Kier molecular flexibility index (Phi) is 8.71. The maximum absolute atomic E-state index is 13.7. The predicted octanol–water partition coefficient (Wildman–Crippen LogP) is 3.98. The van der Waals surface area contributed by atoms with Crippen LogP contribution in [0, 0.1) is 5.82 Å². The molecule has 1 aliphatic heterocycles. The van der Waals surface area contributed by atoms with Crippen molar-refractivity contribution in [1.82, 2.24) is 29.7 Å². The molecule has 0 radical (unpaired) electrons. The summed E-state index contributed by atoms with van der Waals surface area (Å²) in [6.07, 6.45) is 4.39. The highest BCUT2D eigenvalue weighted by atomic mass is 35.5. The number of rotatable bonds is 8. The van der Waals surface area contributed by atoms with Gasteiger partial charge in [0.25, 0.3) is 5.91 Å². The van der Waals surface area contributed by atoms with E-state index in [1.807, 2.05) is 6.07 Å². The molecular formula is C30H28ClFN6O4S. The summed E-state index contributed by atoms with van der Waals surface area (Å²) in [5.41, 5.74) is 3.69. The van der Waals surface area contributed by atoms with Crippen LogP contribution in [0.2, 0.25) is 5.02 Å². The van der Waals surface area contributed by atoms with Crippen LogP contribution in [0.15, 0.2) is 72.9 Å². The van der Waals surface area contributed by atoms with Crippen LogP contribution in [0.4, 0.5) is 4.39 Å². The molecule has 43 heavy (non-hydrogen) atoms. The van der Waals surface area contributed by atoms with E-state index in [0.29, 0.717) is 38.8 Å². The highest BCUT2D eigenvalue weighted by Gasteiger charge is 2.34. The first-order valence-electron chi connectivity index (χ1n) is 13.3. The number of pyridine rings is 1. The Labute approximate surface area is 253 Å². The number of fused-ring (bicyclic) bond motifs is 1. The van der Waals surface area contributed by atoms with E-state index in [0.717, 1.165) is 6.26 Å². The van der Waals surface area contributed by atoms with Crippen molar-refractivity contribution in [3.05, 3.63) is 112 Å². The van der Waals surface area contributed by atoms with Gasteiger partial charge in [0.2, 0.25) is 15.9 Å². The summed E-state index contributed by atoms with van der Waals surface area (Å²) < 4.78 is 40.9. The average Bonchev–Trinajstić information content (AvgIpc) is 3.37. The van der Waals surface area contributed by atoms with Gasteiger partial charge < -0.3 is 10.2 Å². The van der Waals surface area contributed by atoms with E-state index >= 15 is 0 Å². The lowest BCUT2D eigenvalue weighted by Gasteiger charge is -2.30. The van der Waals surface area contributed by atoms with Gasteiger partial charge in [-0.3, -0.25) is 14.6 Å². The van der Waals surface area contributed by atoms with Crippen molar-refractivity contribution in [1.29, 1.82) is 0 Å². The van der Waals surface area contributed by atoms with E-state index < -0.39 is 40.2 Å². The fourth-order valence-corrected chi connectivity index (χ4v) is 5.25. The zero-order chi connectivity index (χ0) is 30.7. The molecule has 2 aromatic heterocycles. The number of benzene rings is 2. The first-order chi connectivity index (χ1) is 20.5. The van der Waals surface area contributed by atoms with Crippen LogP contribution in [0.25, 0.3) is 17.3 Å². The number of carbonyl (C=O) groups excluding carboxylic acids is 2. The van der Waals surface area contributed by atoms with Gasteiger partial charge in [0.05, 0.1) is 42.5 Å². The van der Waals surface area contributed by atoms with Gasteiger partial charge in [0, 0.05) is 23.3 Å². The Morgan fingerprint density at radius 2 is 1.79 bits per heavy atom. The van der Waals surface area contributed by atoms with Gasteiger partial charge in [-0.15, -0.1) is 0 Å². The number of hydrogen-bond acceptors (Lipinski definition) is 6. The number of nitrogens with one attached hydrogen (secondary N) is 2. The highest BCUT2D eigenvalue weighted by Crippen LogP contribution is 2.34. The lowest BCUT2D eigenvalue weighted by atomic mass is 9.97. The topological polar surface area (TPSA) is 126 Å². The number of hydrogen-bond donors (Lipinski definition) is 2. The van der Waals surface area contributed by atoms with Crippen molar-refractivity contribution in [3.8, 4) is 5.69 Å². The van der Waals surface area contributed by atoms with Crippen LogP contribution in [-0.4, -0.2) is 59.2 Å². The zero-order valence-corrected chi connectivity index (χ0v) is 24.9. The average molecular weight is 623 g/mol. The number of carbonyl (C=O) groups is 2. The maximum Gasteiger partial charge on any atom is 0.272 e. The van der Waals surface area contributed by atoms with Crippen LogP contribution in [0.1, 0.15) is 46.0 Å². The van der Waals surface area contributed by atoms with Crippen molar-refractivity contribution in [2.75, 3.05) is 19.3 Å². The van der Waals surface area contributed by atoms with Crippen LogP contribution < -0.4 is 10.0 Å². The van der Waals surface area contributed by atoms with Gasteiger partial charge in [-0.25, -0.2) is 22.2 Å². The van der Waals surface area contributed by atoms with Gasteiger partial charge >= 0.3 is 0 Å². The highest BCUT2D eigenvalue weighted by molar-refractivity contribution is 7.88. The molecule has 4 aromatic rings. The Balaban J connectivity index is 1.63. The number of sulfonamides is 1. The second kappa shape index (κ2) is 12.5.